The first-order valence-corrected chi connectivity index (χ1v) is 10.1. The summed E-state index contributed by atoms with van der Waals surface area (Å²) in [6.07, 6.45) is 2.47. The zero-order chi connectivity index (χ0) is 19.5. The average Bonchev–Trinajstić information content (AvgIpc) is 3.13. The van der Waals surface area contributed by atoms with E-state index in [2.05, 4.69) is 17.6 Å². The Kier molecular flexibility index (Phi) is 9.18. The SMILES string of the molecule is CCNC(=NCC1(CCO)CCOC1)NCC(CC)Oc1ccccc1Cl. The van der Waals surface area contributed by atoms with Crippen molar-refractivity contribution in [1.82, 2.24) is 10.6 Å². The van der Waals surface area contributed by atoms with Crippen molar-refractivity contribution in [2.24, 2.45) is 10.4 Å². The van der Waals surface area contributed by atoms with Crippen molar-refractivity contribution in [2.45, 2.75) is 39.2 Å². The van der Waals surface area contributed by atoms with Crippen LogP contribution in [0.15, 0.2) is 29.3 Å². The van der Waals surface area contributed by atoms with Crippen LogP contribution in [0, 0.1) is 5.41 Å². The summed E-state index contributed by atoms with van der Waals surface area (Å²) in [6, 6.07) is 7.51. The number of halogens is 1. The third kappa shape index (κ3) is 6.87. The number of hydrogen-bond donors (Lipinski definition) is 3. The Bertz CT molecular complexity index is 592. The van der Waals surface area contributed by atoms with Gasteiger partial charge in [-0.15, -0.1) is 0 Å². The van der Waals surface area contributed by atoms with E-state index in [0.717, 1.165) is 32.0 Å². The molecule has 6 nitrogen and oxygen atoms in total. The monoisotopic (exact) mass is 397 g/mol. The molecule has 0 aromatic heterocycles. The molecule has 2 rings (SSSR count). The van der Waals surface area contributed by atoms with Crippen LogP contribution in [-0.4, -0.2) is 56.6 Å². The molecule has 0 aliphatic carbocycles. The number of ether oxygens (including phenoxy) is 2. The number of guanidine groups is 1. The molecule has 0 amide bonds. The highest BCUT2D eigenvalue weighted by atomic mass is 35.5. The van der Waals surface area contributed by atoms with Crippen molar-refractivity contribution in [3.63, 3.8) is 0 Å². The van der Waals surface area contributed by atoms with Crippen LogP contribution in [0.2, 0.25) is 5.02 Å². The second-order valence-corrected chi connectivity index (χ2v) is 7.34. The zero-order valence-corrected chi connectivity index (χ0v) is 17.1. The third-order valence-electron chi connectivity index (χ3n) is 4.83. The number of nitrogens with one attached hydrogen (secondary N) is 2. The summed E-state index contributed by atoms with van der Waals surface area (Å²) in [7, 11) is 0. The number of aliphatic hydroxyl groups is 1. The Morgan fingerprint density at radius 1 is 1.37 bits per heavy atom. The molecule has 0 saturated carbocycles. The van der Waals surface area contributed by atoms with Gasteiger partial charge in [-0.05, 0) is 38.3 Å². The number of aliphatic hydroxyl groups excluding tert-OH is 1. The fourth-order valence-corrected chi connectivity index (χ4v) is 3.26. The van der Waals surface area contributed by atoms with Gasteiger partial charge in [0.2, 0.25) is 0 Å². The first-order chi connectivity index (χ1) is 13.1. The van der Waals surface area contributed by atoms with E-state index in [1.54, 1.807) is 0 Å². The molecule has 1 saturated heterocycles. The van der Waals surface area contributed by atoms with Gasteiger partial charge in [0.1, 0.15) is 11.9 Å². The largest absolute Gasteiger partial charge is 0.487 e. The second kappa shape index (κ2) is 11.4. The predicted molar refractivity (Wildman–Crippen MR) is 110 cm³/mol. The first-order valence-electron chi connectivity index (χ1n) is 9.74. The topological polar surface area (TPSA) is 75.1 Å². The van der Waals surface area contributed by atoms with Crippen molar-refractivity contribution in [3.8, 4) is 5.75 Å². The van der Waals surface area contributed by atoms with Crippen molar-refractivity contribution < 1.29 is 14.6 Å². The number of benzene rings is 1. The average molecular weight is 398 g/mol. The Labute approximate surface area is 167 Å². The van der Waals surface area contributed by atoms with Crippen LogP contribution in [0.25, 0.3) is 0 Å². The summed E-state index contributed by atoms with van der Waals surface area (Å²) < 4.78 is 11.6. The van der Waals surface area contributed by atoms with Gasteiger partial charge in [0.05, 0.1) is 24.7 Å². The van der Waals surface area contributed by atoms with Gasteiger partial charge in [-0.1, -0.05) is 30.7 Å². The number of nitrogens with zero attached hydrogens (tertiary/aromatic N) is 1. The maximum atomic E-state index is 9.37. The normalized spacial score (nSPS) is 21.1. The molecule has 0 radical (unpaired) electrons. The van der Waals surface area contributed by atoms with Crippen LogP contribution in [-0.2, 0) is 4.74 Å². The van der Waals surface area contributed by atoms with Crippen molar-refractivity contribution in [3.05, 3.63) is 29.3 Å². The molecular weight excluding hydrogens is 366 g/mol. The van der Waals surface area contributed by atoms with Crippen molar-refractivity contribution >= 4 is 17.6 Å². The van der Waals surface area contributed by atoms with Gasteiger partial charge in [0.25, 0.3) is 0 Å². The summed E-state index contributed by atoms with van der Waals surface area (Å²) in [5, 5.41) is 16.6. The lowest BCUT2D eigenvalue weighted by atomic mass is 9.84. The van der Waals surface area contributed by atoms with Crippen LogP contribution in [0.1, 0.15) is 33.1 Å². The number of para-hydroxylation sites is 1. The summed E-state index contributed by atoms with van der Waals surface area (Å²) in [4.78, 5) is 4.74. The highest BCUT2D eigenvalue weighted by Crippen LogP contribution is 2.32. The van der Waals surface area contributed by atoms with Gasteiger partial charge in [-0.3, -0.25) is 4.99 Å². The molecule has 1 aliphatic rings. The van der Waals surface area contributed by atoms with Gasteiger partial charge in [-0.2, -0.15) is 0 Å². The summed E-state index contributed by atoms with van der Waals surface area (Å²) in [6.45, 7) is 7.70. The van der Waals surface area contributed by atoms with E-state index in [4.69, 9.17) is 26.1 Å². The van der Waals surface area contributed by atoms with Gasteiger partial charge in [0, 0.05) is 25.2 Å². The van der Waals surface area contributed by atoms with Gasteiger partial charge in [0.15, 0.2) is 5.96 Å². The molecule has 27 heavy (non-hydrogen) atoms. The zero-order valence-electron chi connectivity index (χ0n) is 16.3. The lowest BCUT2D eigenvalue weighted by Crippen LogP contribution is -2.43. The summed E-state index contributed by atoms with van der Waals surface area (Å²) >= 11 is 6.19. The Balaban J connectivity index is 1.94. The van der Waals surface area contributed by atoms with E-state index in [-0.39, 0.29) is 18.1 Å². The highest BCUT2D eigenvalue weighted by Gasteiger charge is 2.34. The minimum Gasteiger partial charge on any atom is -0.487 e. The van der Waals surface area contributed by atoms with Crippen LogP contribution in [0.3, 0.4) is 0 Å². The third-order valence-corrected chi connectivity index (χ3v) is 5.14. The lowest BCUT2D eigenvalue weighted by Gasteiger charge is -2.25. The van der Waals surface area contributed by atoms with E-state index in [9.17, 15) is 5.11 Å². The van der Waals surface area contributed by atoms with E-state index in [1.165, 1.54) is 0 Å². The standard InChI is InChI=1S/C20H32ClN3O3/c1-3-16(27-18-8-6-5-7-17(18)21)13-23-19(22-4-2)24-14-20(9-11-25)10-12-26-15-20/h5-8,16,25H,3-4,9-15H2,1-2H3,(H2,22,23,24). The van der Waals surface area contributed by atoms with Gasteiger partial charge >= 0.3 is 0 Å². The summed E-state index contributed by atoms with van der Waals surface area (Å²) in [5.74, 6) is 1.45. The minimum atomic E-state index is -0.0602. The quantitative estimate of drug-likeness (QED) is 0.418. The van der Waals surface area contributed by atoms with Crippen LogP contribution in [0.5, 0.6) is 5.75 Å². The molecule has 7 heteroatoms. The maximum Gasteiger partial charge on any atom is 0.191 e. The molecule has 1 fully saturated rings. The Hall–Kier alpha value is -1.50. The molecule has 0 bridgehead atoms. The molecule has 3 N–H and O–H groups in total. The second-order valence-electron chi connectivity index (χ2n) is 6.93. The predicted octanol–water partition coefficient (Wildman–Crippen LogP) is 2.84. The molecule has 1 aromatic carbocycles. The van der Waals surface area contributed by atoms with Crippen LogP contribution >= 0.6 is 11.6 Å². The van der Waals surface area contributed by atoms with Crippen LogP contribution < -0.4 is 15.4 Å². The molecular formula is C20H32ClN3O3. The maximum absolute atomic E-state index is 9.37. The Morgan fingerprint density at radius 2 is 2.19 bits per heavy atom. The smallest absolute Gasteiger partial charge is 0.191 e. The van der Waals surface area contributed by atoms with Crippen molar-refractivity contribution in [2.75, 3.05) is 39.5 Å². The fraction of sp³-hybridized carbons (Fsp3) is 0.650. The van der Waals surface area contributed by atoms with Crippen LogP contribution in [0.4, 0.5) is 0 Å². The number of rotatable bonds is 10. The van der Waals surface area contributed by atoms with E-state index in [1.807, 2.05) is 31.2 Å². The van der Waals surface area contributed by atoms with Gasteiger partial charge in [-0.25, -0.2) is 0 Å². The molecule has 1 heterocycles. The van der Waals surface area contributed by atoms with E-state index >= 15 is 0 Å². The number of aliphatic imine (C=N–C) groups is 1. The summed E-state index contributed by atoms with van der Waals surface area (Å²) in [5.41, 5.74) is -0.0602. The first kappa shape index (κ1) is 21.8. The highest BCUT2D eigenvalue weighted by molar-refractivity contribution is 6.32. The molecule has 2 unspecified atom stereocenters. The minimum absolute atomic E-state index is 0.0185. The lowest BCUT2D eigenvalue weighted by molar-refractivity contribution is 0.131. The molecule has 1 aliphatic heterocycles. The molecule has 0 spiro atoms. The molecule has 1 aromatic rings. The van der Waals surface area contributed by atoms with Gasteiger partial charge < -0.3 is 25.2 Å². The Morgan fingerprint density at radius 3 is 2.81 bits per heavy atom. The molecule has 2 atom stereocenters. The molecule has 152 valence electrons. The fourth-order valence-electron chi connectivity index (χ4n) is 3.08. The van der Waals surface area contributed by atoms with E-state index in [0.29, 0.717) is 36.9 Å². The van der Waals surface area contributed by atoms with E-state index < -0.39 is 0 Å². The number of hydrogen-bond acceptors (Lipinski definition) is 4. The van der Waals surface area contributed by atoms with Crippen molar-refractivity contribution in [1.29, 1.82) is 0 Å².